The van der Waals surface area contributed by atoms with Crippen molar-refractivity contribution in [3.8, 4) is 17.2 Å². The van der Waals surface area contributed by atoms with Gasteiger partial charge in [-0.2, -0.15) is 0 Å². The fraction of sp³-hybridized carbons (Fsp3) is 0.197. The van der Waals surface area contributed by atoms with Crippen LogP contribution in [0.4, 0.5) is 0 Å². The second kappa shape index (κ2) is 18.0. The molecule has 0 N–H and O–H groups in total. The van der Waals surface area contributed by atoms with Gasteiger partial charge in [0.25, 0.3) is 0 Å². The van der Waals surface area contributed by atoms with Crippen molar-refractivity contribution in [3.05, 3.63) is 179 Å². The molecule has 0 saturated carbocycles. The Kier molecular flexibility index (Phi) is 11.1. The molecular formula is C71H61ClN2O5. The van der Waals surface area contributed by atoms with Gasteiger partial charge in [-0.1, -0.05) is 108 Å². The van der Waals surface area contributed by atoms with Gasteiger partial charge in [-0.05, 0) is 179 Å². The quantitative estimate of drug-likeness (QED) is 0.176. The molecule has 0 amide bonds. The van der Waals surface area contributed by atoms with Crippen molar-refractivity contribution < 1.29 is 24.5 Å². The molecule has 0 fully saturated rings. The molecule has 0 bridgehead atoms. The zero-order valence-corrected chi connectivity index (χ0v) is 47.2. The van der Waals surface area contributed by atoms with Crippen LogP contribution in [0.15, 0.2) is 160 Å². The minimum atomic E-state index is -0.0833. The number of nitrogens with zero attached hydrogens (tertiary/aromatic N) is 2. The fourth-order valence-corrected chi connectivity index (χ4v) is 12.4. The van der Waals surface area contributed by atoms with Crippen LogP contribution in [0, 0.1) is 13.8 Å². The van der Waals surface area contributed by atoms with Crippen LogP contribution in [0.1, 0.15) is 79.0 Å². The smallest absolute Gasteiger partial charge is 0.136 e. The van der Waals surface area contributed by atoms with Gasteiger partial charge in [-0.25, -0.2) is 0 Å². The summed E-state index contributed by atoms with van der Waals surface area (Å²) in [6.45, 7) is 19.0. The van der Waals surface area contributed by atoms with Crippen LogP contribution in [0.25, 0.3) is 131 Å². The number of aryl methyl sites for hydroxylation is 2. The summed E-state index contributed by atoms with van der Waals surface area (Å²) < 4.78 is 35.3. The van der Waals surface area contributed by atoms with Crippen LogP contribution in [0.5, 0.6) is 11.5 Å². The van der Waals surface area contributed by atoms with Crippen molar-refractivity contribution in [2.75, 3.05) is 14.2 Å². The second-order valence-corrected chi connectivity index (χ2v) is 23.8. The van der Waals surface area contributed by atoms with E-state index in [1.807, 2.05) is 12.1 Å². The van der Waals surface area contributed by atoms with Crippen LogP contribution in [-0.2, 0) is 15.6 Å². The summed E-state index contributed by atoms with van der Waals surface area (Å²) in [4.78, 5) is 9.62. The minimum absolute atomic E-state index is 0.0175. The first kappa shape index (κ1) is 48.8. The maximum atomic E-state index is 9.62. The maximum Gasteiger partial charge on any atom is 0.136 e. The first-order chi connectivity index (χ1) is 38.3. The average Bonchev–Trinajstić information content (AvgIpc) is 4.30. The molecule has 7 nitrogen and oxygen atoms in total. The Bertz CT molecular complexity index is 5060. The van der Waals surface area contributed by atoms with Crippen LogP contribution >= 0.6 is 11.6 Å². The summed E-state index contributed by atoms with van der Waals surface area (Å²) in [7, 11) is 3.49. The lowest BCUT2D eigenvalue weighted by atomic mass is 9.86. The number of hydrogen-bond donors (Lipinski definition) is 0. The number of halogens is 1. The number of aromatic nitrogens is 2. The topological polar surface area (TPSA) is 71.2 Å². The Morgan fingerprint density at radius 3 is 1.58 bits per heavy atom. The molecule has 392 valence electrons. The Morgan fingerprint density at radius 1 is 0.481 bits per heavy atom. The lowest BCUT2D eigenvalue weighted by molar-refractivity contribution is -0.115. The Hall–Kier alpha value is -8.52. The molecule has 0 aliphatic rings. The highest BCUT2D eigenvalue weighted by Crippen LogP contribution is 2.48. The summed E-state index contributed by atoms with van der Waals surface area (Å²) >= 11 is 6.94. The number of fused-ring (bicyclic) bond motifs is 19. The van der Waals surface area contributed by atoms with Crippen molar-refractivity contribution >= 4 is 143 Å². The summed E-state index contributed by atoms with van der Waals surface area (Å²) in [5.41, 5.74) is 15.5. The summed E-state index contributed by atoms with van der Waals surface area (Å²) in [6, 6.07) is 54.6. The molecule has 10 aromatic carbocycles. The molecule has 0 saturated heterocycles. The van der Waals surface area contributed by atoms with Gasteiger partial charge in [0.1, 0.15) is 39.6 Å². The van der Waals surface area contributed by atoms with E-state index in [9.17, 15) is 4.79 Å². The molecule has 0 atom stereocenters. The van der Waals surface area contributed by atoms with Gasteiger partial charge in [0.15, 0.2) is 0 Å². The van der Waals surface area contributed by atoms with Crippen LogP contribution in [-0.4, -0.2) is 29.0 Å². The predicted molar refractivity (Wildman–Crippen MR) is 333 cm³/mol. The first-order valence-corrected chi connectivity index (χ1v) is 27.2. The number of furan rings is 2. The number of benzene rings is 10. The molecule has 5 aromatic heterocycles. The number of carbonyl (C=O) groups is 1. The normalized spacial score (nSPS) is 12.6. The van der Waals surface area contributed by atoms with E-state index in [0.717, 1.165) is 77.5 Å². The summed E-state index contributed by atoms with van der Waals surface area (Å²) in [5, 5.41) is 17.2. The van der Waals surface area contributed by atoms with E-state index in [0.29, 0.717) is 5.02 Å². The molecule has 0 unspecified atom stereocenters. The molecule has 5 heterocycles. The van der Waals surface area contributed by atoms with Gasteiger partial charge in [0, 0.05) is 50.1 Å². The largest absolute Gasteiger partial charge is 0.496 e. The van der Waals surface area contributed by atoms with Gasteiger partial charge >= 0.3 is 0 Å². The second-order valence-electron chi connectivity index (χ2n) is 23.4. The van der Waals surface area contributed by atoms with Crippen LogP contribution in [0.3, 0.4) is 0 Å². The number of methoxy groups -OCH3 is 2. The van der Waals surface area contributed by atoms with Crippen molar-refractivity contribution in [3.63, 3.8) is 0 Å². The van der Waals surface area contributed by atoms with Crippen molar-refractivity contribution in [1.29, 1.82) is 0 Å². The highest BCUT2D eigenvalue weighted by Gasteiger charge is 2.26. The third kappa shape index (κ3) is 7.87. The van der Waals surface area contributed by atoms with Crippen LogP contribution < -0.4 is 9.47 Å². The molecule has 0 aliphatic heterocycles. The third-order valence-corrected chi connectivity index (χ3v) is 16.3. The lowest BCUT2D eigenvalue weighted by Crippen LogP contribution is -2.10. The van der Waals surface area contributed by atoms with Gasteiger partial charge in [-0.3, -0.25) is 0 Å². The number of ketones is 1. The van der Waals surface area contributed by atoms with Crippen molar-refractivity contribution in [2.45, 2.75) is 80.0 Å². The maximum absolute atomic E-state index is 9.62. The highest BCUT2D eigenvalue weighted by molar-refractivity contribution is 6.37. The summed E-state index contributed by atoms with van der Waals surface area (Å²) in [6.07, 6.45) is 0. The van der Waals surface area contributed by atoms with Crippen molar-refractivity contribution in [1.82, 2.24) is 8.97 Å². The van der Waals surface area contributed by atoms with Gasteiger partial charge in [-0.15, -0.1) is 0 Å². The molecule has 15 aromatic rings. The molecule has 0 aliphatic carbocycles. The molecule has 79 heavy (non-hydrogen) atoms. The predicted octanol–water partition coefficient (Wildman–Crippen LogP) is 20.2. The van der Waals surface area contributed by atoms with E-state index >= 15 is 0 Å². The minimum Gasteiger partial charge on any atom is -0.496 e. The fourth-order valence-electron chi connectivity index (χ4n) is 12.2. The number of ether oxygens (including phenoxy) is 2. The van der Waals surface area contributed by atoms with Gasteiger partial charge in [0.05, 0.1) is 57.6 Å². The SMILES string of the molecule is COc1ccc(Cl)c2c1c1cc(C(C)(C)C)ccc1n2-c1ccc2ccc3oc4cc(C)ccc4c3c2c1.COc1ccc2c3cc4ccc5oc6cc(C)ccc6c5c4cc3n3c4ccc(C(C)(C)C)cc4c1c23.[2H]CC(C)=O. The van der Waals surface area contributed by atoms with E-state index in [-0.39, 0.29) is 23.5 Å². The average molecular weight is 1060 g/mol. The number of Topliss-reactive ketones (excluding diaryl/α,β-unsaturated/α-hetero) is 1. The zero-order chi connectivity index (χ0) is 55.8. The molecule has 15 rings (SSSR count). The van der Waals surface area contributed by atoms with Gasteiger partial charge < -0.3 is 32.1 Å². The summed E-state index contributed by atoms with van der Waals surface area (Å²) in [5.74, 6) is 1.66. The van der Waals surface area contributed by atoms with E-state index in [2.05, 4.69) is 204 Å². The Morgan fingerprint density at radius 2 is 1.00 bits per heavy atom. The molecule has 0 radical (unpaired) electrons. The number of rotatable bonds is 3. The Labute approximate surface area is 464 Å². The highest BCUT2D eigenvalue weighted by atomic mass is 35.5. The van der Waals surface area contributed by atoms with Crippen LogP contribution in [0.2, 0.25) is 5.02 Å². The number of carbonyl (C=O) groups excluding carboxylic acids is 1. The molecule has 0 spiro atoms. The molecule has 8 heteroatoms. The molecular weight excluding hydrogens is 996 g/mol. The van der Waals surface area contributed by atoms with E-state index < -0.39 is 0 Å². The number of hydrogen-bond acceptors (Lipinski definition) is 5. The monoisotopic (exact) mass is 1060 g/mol. The first-order valence-electron chi connectivity index (χ1n) is 27.6. The standard InChI is InChI=1S/C34H28ClNO2.C34H27NO2.C3H6O/c1-19-6-11-23-30(16-19)38-29-14-8-20-7-10-22(18-24(20)31(23)29)36-27-13-9-21(34(2,3)4)17-25(27)32-28(37-5)15-12-26(35)33(32)36;1-18-6-9-22-30(14-18)37-29-12-7-19-15-24-21-10-13-28(36-5)32-25-16-20(34(2,3)4)8-11-26(25)35(33(21)32)27(24)17-23(19)31(22)29;1-3(2)4/h6-18H,1-5H3;6-17H,1-5H3;1-2H3/i;;1D. The van der Waals surface area contributed by atoms with E-state index in [1.165, 1.54) is 94.2 Å². The zero-order valence-electron chi connectivity index (χ0n) is 47.5. The lowest BCUT2D eigenvalue weighted by Gasteiger charge is -2.19. The van der Waals surface area contributed by atoms with Crippen molar-refractivity contribution in [2.24, 2.45) is 0 Å². The Balaban J connectivity index is 0.000000140. The van der Waals surface area contributed by atoms with Gasteiger partial charge in [0.2, 0.25) is 0 Å². The van der Waals surface area contributed by atoms with E-state index in [1.54, 1.807) is 14.2 Å². The van der Waals surface area contributed by atoms with E-state index in [4.69, 9.17) is 31.3 Å². The third-order valence-electron chi connectivity index (χ3n) is 16.0.